The molecule has 0 aromatic carbocycles. The van der Waals surface area contributed by atoms with Crippen LogP contribution in [0.15, 0.2) is 18.2 Å². The topological polar surface area (TPSA) is 24.9 Å². The number of hydrogen-bond donors (Lipinski definition) is 1. The third-order valence-corrected chi connectivity index (χ3v) is 2.11. The lowest BCUT2D eigenvalue weighted by Crippen LogP contribution is -2.22. The summed E-state index contributed by atoms with van der Waals surface area (Å²) in [6.07, 6.45) is 0. The van der Waals surface area contributed by atoms with Gasteiger partial charge in [-0.15, -0.1) is 0 Å². The molecule has 0 amide bonds. The van der Waals surface area contributed by atoms with E-state index in [0.29, 0.717) is 12.0 Å². The molecule has 1 heterocycles. The average molecular weight is 192 g/mol. The predicted octanol–water partition coefficient (Wildman–Crippen LogP) is 2.70. The Kier molecular flexibility index (Phi) is 4.08. The van der Waals surface area contributed by atoms with E-state index < -0.39 is 0 Å². The molecule has 0 saturated heterocycles. The van der Waals surface area contributed by atoms with Crippen molar-refractivity contribution in [1.82, 2.24) is 10.3 Å². The van der Waals surface area contributed by atoms with Crippen molar-refractivity contribution in [3.63, 3.8) is 0 Å². The van der Waals surface area contributed by atoms with Crippen molar-refractivity contribution in [2.24, 2.45) is 0 Å². The largest absolute Gasteiger partial charge is 0.309 e. The molecule has 1 aromatic rings. The second-order valence-electron chi connectivity index (χ2n) is 4.24. The Hall–Kier alpha value is -0.890. The molecule has 1 rings (SSSR count). The summed E-state index contributed by atoms with van der Waals surface area (Å²) in [5.74, 6) is 0.508. The van der Waals surface area contributed by atoms with Crippen molar-refractivity contribution in [3.8, 4) is 0 Å². The summed E-state index contributed by atoms with van der Waals surface area (Å²) in [7, 11) is 0. The number of aromatic nitrogens is 1. The molecule has 1 aromatic heterocycles. The third-order valence-electron chi connectivity index (χ3n) is 2.11. The lowest BCUT2D eigenvalue weighted by molar-refractivity contribution is 0.579. The summed E-state index contributed by atoms with van der Waals surface area (Å²) >= 11 is 0. The second kappa shape index (κ2) is 5.11. The molecule has 0 radical (unpaired) electrons. The number of rotatable bonds is 4. The molecule has 14 heavy (non-hydrogen) atoms. The van der Waals surface area contributed by atoms with Gasteiger partial charge in [0, 0.05) is 18.3 Å². The minimum atomic E-state index is 0.508. The quantitative estimate of drug-likeness (QED) is 0.793. The first-order valence-corrected chi connectivity index (χ1v) is 5.29. The SMILES string of the molecule is CC(C)NCc1cccc(C(C)C)n1. The van der Waals surface area contributed by atoms with Crippen LogP contribution in [-0.4, -0.2) is 11.0 Å². The van der Waals surface area contributed by atoms with E-state index in [1.165, 1.54) is 5.69 Å². The molecule has 0 aliphatic heterocycles. The van der Waals surface area contributed by atoms with Crippen LogP contribution in [0.1, 0.15) is 45.0 Å². The van der Waals surface area contributed by atoms with Gasteiger partial charge in [-0.1, -0.05) is 33.8 Å². The van der Waals surface area contributed by atoms with Gasteiger partial charge in [-0.05, 0) is 18.1 Å². The van der Waals surface area contributed by atoms with Crippen LogP contribution >= 0.6 is 0 Å². The summed E-state index contributed by atoms with van der Waals surface area (Å²) < 4.78 is 0. The average Bonchev–Trinajstić information content (AvgIpc) is 2.15. The fourth-order valence-electron chi connectivity index (χ4n) is 1.23. The lowest BCUT2D eigenvalue weighted by Gasteiger charge is -2.09. The smallest absolute Gasteiger partial charge is 0.0545 e. The minimum Gasteiger partial charge on any atom is -0.309 e. The van der Waals surface area contributed by atoms with Crippen LogP contribution in [0.5, 0.6) is 0 Å². The fraction of sp³-hybridized carbons (Fsp3) is 0.583. The summed E-state index contributed by atoms with van der Waals surface area (Å²) in [5, 5.41) is 3.37. The molecule has 0 bridgehead atoms. The Balaban J connectivity index is 2.64. The Labute approximate surface area is 86.8 Å². The van der Waals surface area contributed by atoms with Gasteiger partial charge in [-0.25, -0.2) is 0 Å². The zero-order chi connectivity index (χ0) is 10.6. The zero-order valence-electron chi connectivity index (χ0n) is 9.54. The molecule has 78 valence electrons. The number of nitrogens with one attached hydrogen (secondary N) is 1. The first-order chi connectivity index (χ1) is 6.59. The molecule has 0 spiro atoms. The van der Waals surface area contributed by atoms with Crippen LogP contribution in [-0.2, 0) is 6.54 Å². The molecule has 0 saturated carbocycles. The molecule has 2 heteroatoms. The first kappa shape index (κ1) is 11.2. The summed E-state index contributed by atoms with van der Waals surface area (Å²) in [6.45, 7) is 9.49. The van der Waals surface area contributed by atoms with Gasteiger partial charge >= 0.3 is 0 Å². The van der Waals surface area contributed by atoms with Crippen LogP contribution in [0.3, 0.4) is 0 Å². The van der Waals surface area contributed by atoms with Crippen molar-refractivity contribution in [2.45, 2.75) is 46.2 Å². The van der Waals surface area contributed by atoms with Gasteiger partial charge in [-0.3, -0.25) is 4.98 Å². The first-order valence-electron chi connectivity index (χ1n) is 5.29. The molecule has 0 fully saturated rings. The van der Waals surface area contributed by atoms with Gasteiger partial charge in [0.25, 0.3) is 0 Å². The monoisotopic (exact) mass is 192 g/mol. The maximum Gasteiger partial charge on any atom is 0.0545 e. The van der Waals surface area contributed by atoms with Crippen LogP contribution < -0.4 is 5.32 Å². The summed E-state index contributed by atoms with van der Waals surface area (Å²) in [4.78, 5) is 4.58. The molecular formula is C12H20N2. The normalized spacial score (nSPS) is 11.3. The Bertz CT molecular complexity index is 279. The predicted molar refractivity (Wildman–Crippen MR) is 60.3 cm³/mol. The van der Waals surface area contributed by atoms with Crippen molar-refractivity contribution in [3.05, 3.63) is 29.6 Å². The molecular weight excluding hydrogens is 172 g/mol. The van der Waals surface area contributed by atoms with E-state index in [-0.39, 0.29) is 0 Å². The molecule has 2 nitrogen and oxygen atoms in total. The Morgan fingerprint density at radius 2 is 1.93 bits per heavy atom. The van der Waals surface area contributed by atoms with E-state index in [1.807, 2.05) is 0 Å². The van der Waals surface area contributed by atoms with E-state index in [0.717, 1.165) is 12.2 Å². The maximum atomic E-state index is 4.58. The third kappa shape index (κ3) is 3.46. The van der Waals surface area contributed by atoms with Crippen molar-refractivity contribution in [1.29, 1.82) is 0 Å². The maximum absolute atomic E-state index is 4.58. The van der Waals surface area contributed by atoms with Crippen molar-refractivity contribution < 1.29 is 0 Å². The fourth-order valence-corrected chi connectivity index (χ4v) is 1.23. The minimum absolute atomic E-state index is 0.508. The second-order valence-corrected chi connectivity index (χ2v) is 4.24. The molecule has 0 aliphatic carbocycles. The van der Waals surface area contributed by atoms with Crippen LogP contribution in [0, 0.1) is 0 Å². The summed E-state index contributed by atoms with van der Waals surface area (Å²) in [6, 6.07) is 6.75. The van der Waals surface area contributed by atoms with Crippen LogP contribution in [0.2, 0.25) is 0 Å². The highest BCUT2D eigenvalue weighted by Crippen LogP contribution is 2.11. The van der Waals surface area contributed by atoms with Crippen LogP contribution in [0.25, 0.3) is 0 Å². The van der Waals surface area contributed by atoms with E-state index in [9.17, 15) is 0 Å². The number of hydrogen-bond acceptors (Lipinski definition) is 2. The zero-order valence-corrected chi connectivity index (χ0v) is 9.54. The molecule has 1 N–H and O–H groups in total. The number of nitrogens with zero attached hydrogens (tertiary/aromatic N) is 1. The standard InChI is InChI=1S/C12H20N2/c1-9(2)12-7-5-6-11(14-12)8-13-10(3)4/h5-7,9-10,13H,8H2,1-4H3. The van der Waals surface area contributed by atoms with E-state index in [1.54, 1.807) is 0 Å². The van der Waals surface area contributed by atoms with Gasteiger partial charge in [0.2, 0.25) is 0 Å². The van der Waals surface area contributed by atoms with Gasteiger partial charge in [0.05, 0.1) is 5.69 Å². The highest BCUT2D eigenvalue weighted by atomic mass is 14.9. The van der Waals surface area contributed by atoms with Gasteiger partial charge in [0.1, 0.15) is 0 Å². The Morgan fingerprint density at radius 3 is 2.50 bits per heavy atom. The van der Waals surface area contributed by atoms with Crippen molar-refractivity contribution in [2.75, 3.05) is 0 Å². The Morgan fingerprint density at radius 1 is 1.21 bits per heavy atom. The molecule has 0 atom stereocenters. The van der Waals surface area contributed by atoms with Gasteiger partial charge in [-0.2, -0.15) is 0 Å². The van der Waals surface area contributed by atoms with Gasteiger partial charge in [0.15, 0.2) is 0 Å². The van der Waals surface area contributed by atoms with Crippen molar-refractivity contribution >= 4 is 0 Å². The van der Waals surface area contributed by atoms with E-state index >= 15 is 0 Å². The van der Waals surface area contributed by atoms with Gasteiger partial charge < -0.3 is 5.32 Å². The molecule has 0 aliphatic rings. The number of pyridine rings is 1. The summed E-state index contributed by atoms with van der Waals surface area (Å²) in [5.41, 5.74) is 2.30. The molecule has 0 unspecified atom stereocenters. The van der Waals surface area contributed by atoms with Crippen LogP contribution in [0.4, 0.5) is 0 Å². The van der Waals surface area contributed by atoms with E-state index in [4.69, 9.17) is 0 Å². The van der Waals surface area contributed by atoms with E-state index in [2.05, 4.69) is 56.2 Å². The lowest BCUT2D eigenvalue weighted by atomic mass is 10.1. The highest BCUT2D eigenvalue weighted by Gasteiger charge is 2.02. The highest BCUT2D eigenvalue weighted by molar-refractivity contribution is 5.13.